The van der Waals surface area contributed by atoms with E-state index >= 15 is 0 Å². The zero-order valence-corrected chi connectivity index (χ0v) is 12.3. The SMILES string of the molecule is O=C(O)C1=CC(O)(C(=O)C=Cc2ccc(O)c(O)c2)C(O)C(O)C1. The molecule has 0 spiro atoms. The molecule has 0 heterocycles. The van der Waals surface area contributed by atoms with E-state index in [9.17, 15) is 35.1 Å². The van der Waals surface area contributed by atoms with Gasteiger partial charge < -0.3 is 30.6 Å². The second-order valence-electron chi connectivity index (χ2n) is 5.46. The summed E-state index contributed by atoms with van der Waals surface area (Å²) in [7, 11) is 0. The molecule has 0 fully saturated rings. The van der Waals surface area contributed by atoms with E-state index in [2.05, 4.69) is 0 Å². The van der Waals surface area contributed by atoms with E-state index < -0.39 is 41.7 Å². The lowest BCUT2D eigenvalue weighted by Gasteiger charge is -2.35. The smallest absolute Gasteiger partial charge is 0.331 e. The number of hydrogen-bond donors (Lipinski definition) is 6. The summed E-state index contributed by atoms with van der Waals surface area (Å²) in [4.78, 5) is 23.2. The first-order valence-electron chi connectivity index (χ1n) is 6.93. The molecule has 8 heteroatoms. The van der Waals surface area contributed by atoms with Crippen LogP contribution in [0.5, 0.6) is 11.5 Å². The quantitative estimate of drug-likeness (QED) is 0.319. The highest BCUT2D eigenvalue weighted by atomic mass is 16.4. The normalized spacial score (nSPS) is 27.0. The maximum atomic E-state index is 12.2. The van der Waals surface area contributed by atoms with Crippen molar-refractivity contribution >= 4 is 17.8 Å². The highest BCUT2D eigenvalue weighted by Crippen LogP contribution is 2.30. The Morgan fingerprint density at radius 2 is 1.83 bits per heavy atom. The third kappa shape index (κ3) is 3.30. The molecule has 2 rings (SSSR count). The molecule has 128 valence electrons. The van der Waals surface area contributed by atoms with Gasteiger partial charge in [-0.05, 0) is 29.8 Å². The van der Waals surface area contributed by atoms with Crippen molar-refractivity contribution in [2.45, 2.75) is 24.2 Å². The number of rotatable bonds is 4. The van der Waals surface area contributed by atoms with Crippen molar-refractivity contribution in [2.75, 3.05) is 0 Å². The van der Waals surface area contributed by atoms with Crippen LogP contribution >= 0.6 is 0 Å². The lowest BCUT2D eigenvalue weighted by atomic mass is 9.79. The largest absolute Gasteiger partial charge is 0.504 e. The number of carboxylic acid groups (broad SMARTS) is 1. The highest BCUT2D eigenvalue weighted by Gasteiger charge is 2.47. The number of aliphatic hydroxyl groups is 3. The Balaban J connectivity index is 2.31. The number of benzene rings is 1. The van der Waals surface area contributed by atoms with E-state index in [1.54, 1.807) is 0 Å². The number of phenols is 2. The van der Waals surface area contributed by atoms with Gasteiger partial charge in [0.1, 0.15) is 6.10 Å². The van der Waals surface area contributed by atoms with E-state index in [0.29, 0.717) is 11.6 Å². The summed E-state index contributed by atoms with van der Waals surface area (Å²) < 4.78 is 0. The average molecular weight is 336 g/mol. The molecule has 1 aromatic rings. The molecular formula is C16H16O8. The molecule has 3 unspecified atom stereocenters. The van der Waals surface area contributed by atoms with Crippen molar-refractivity contribution in [1.82, 2.24) is 0 Å². The van der Waals surface area contributed by atoms with E-state index in [0.717, 1.165) is 12.1 Å². The van der Waals surface area contributed by atoms with Crippen LogP contribution in [0.25, 0.3) is 6.08 Å². The molecule has 1 aromatic carbocycles. The van der Waals surface area contributed by atoms with Crippen LogP contribution in [0.1, 0.15) is 12.0 Å². The van der Waals surface area contributed by atoms with E-state index in [1.165, 1.54) is 18.2 Å². The van der Waals surface area contributed by atoms with Crippen LogP contribution in [0.2, 0.25) is 0 Å². The number of aliphatic carboxylic acids is 1. The Labute approximate surface area is 136 Å². The zero-order chi connectivity index (χ0) is 18.1. The standard InChI is InChI=1S/C16H16O8/c17-10-3-1-8(5-11(10)18)2-4-13(20)16(24)7-9(15(22)23)6-12(19)14(16)21/h1-5,7,12,14,17-19,21,24H,6H2,(H,22,23). The Morgan fingerprint density at radius 1 is 1.17 bits per heavy atom. The van der Waals surface area contributed by atoms with Gasteiger partial charge in [0.25, 0.3) is 0 Å². The van der Waals surface area contributed by atoms with Crippen LogP contribution in [0, 0.1) is 0 Å². The fraction of sp³-hybridized carbons (Fsp3) is 0.250. The zero-order valence-electron chi connectivity index (χ0n) is 12.3. The number of hydrogen-bond acceptors (Lipinski definition) is 7. The maximum Gasteiger partial charge on any atom is 0.331 e. The van der Waals surface area contributed by atoms with Gasteiger partial charge in [0.15, 0.2) is 22.9 Å². The minimum Gasteiger partial charge on any atom is -0.504 e. The Morgan fingerprint density at radius 3 is 2.42 bits per heavy atom. The van der Waals surface area contributed by atoms with Gasteiger partial charge in [0, 0.05) is 12.0 Å². The summed E-state index contributed by atoms with van der Waals surface area (Å²) in [5.74, 6) is -3.22. The summed E-state index contributed by atoms with van der Waals surface area (Å²) in [6.45, 7) is 0. The predicted molar refractivity (Wildman–Crippen MR) is 81.1 cm³/mol. The van der Waals surface area contributed by atoms with E-state index in [4.69, 9.17) is 5.11 Å². The predicted octanol–water partition coefficient (Wildman–Crippen LogP) is -0.452. The topological polar surface area (TPSA) is 156 Å². The third-order valence-electron chi connectivity index (χ3n) is 3.73. The van der Waals surface area contributed by atoms with Gasteiger partial charge in [-0.3, -0.25) is 4.79 Å². The van der Waals surface area contributed by atoms with Crippen molar-refractivity contribution in [3.8, 4) is 11.5 Å². The number of aliphatic hydroxyl groups excluding tert-OH is 2. The molecular weight excluding hydrogens is 320 g/mol. The first kappa shape index (κ1) is 17.7. The molecule has 0 radical (unpaired) electrons. The Kier molecular flexibility index (Phi) is 4.74. The van der Waals surface area contributed by atoms with Gasteiger partial charge in [0.2, 0.25) is 0 Å². The Hall–Kier alpha value is -2.68. The number of carbonyl (C=O) groups excluding carboxylic acids is 1. The minimum absolute atomic E-state index is 0.315. The molecule has 1 aliphatic carbocycles. The van der Waals surface area contributed by atoms with Crippen molar-refractivity contribution < 1.29 is 40.2 Å². The average Bonchev–Trinajstić information content (AvgIpc) is 2.52. The van der Waals surface area contributed by atoms with Crippen LogP contribution in [-0.2, 0) is 9.59 Å². The van der Waals surface area contributed by atoms with Crippen molar-refractivity contribution in [3.05, 3.63) is 41.5 Å². The second-order valence-corrected chi connectivity index (χ2v) is 5.46. The molecule has 8 nitrogen and oxygen atoms in total. The molecule has 0 amide bonds. The van der Waals surface area contributed by atoms with Crippen LogP contribution < -0.4 is 0 Å². The first-order chi connectivity index (χ1) is 11.1. The molecule has 1 aliphatic rings. The van der Waals surface area contributed by atoms with E-state index in [-0.39, 0.29) is 11.3 Å². The molecule has 0 aromatic heterocycles. The number of carbonyl (C=O) groups is 2. The second kappa shape index (κ2) is 6.44. The highest BCUT2D eigenvalue weighted by molar-refractivity contribution is 6.03. The van der Waals surface area contributed by atoms with Crippen molar-refractivity contribution in [2.24, 2.45) is 0 Å². The number of phenolic OH excluding ortho intramolecular Hbond substituents is 2. The van der Waals surface area contributed by atoms with Crippen LogP contribution in [0.4, 0.5) is 0 Å². The number of carboxylic acids is 1. The lowest BCUT2D eigenvalue weighted by Crippen LogP contribution is -2.55. The van der Waals surface area contributed by atoms with E-state index in [1.807, 2.05) is 0 Å². The molecule has 0 aliphatic heterocycles. The van der Waals surface area contributed by atoms with Crippen molar-refractivity contribution in [1.29, 1.82) is 0 Å². The van der Waals surface area contributed by atoms with Gasteiger partial charge in [-0.25, -0.2) is 4.79 Å². The number of ketones is 1. The van der Waals surface area contributed by atoms with Crippen molar-refractivity contribution in [3.63, 3.8) is 0 Å². The summed E-state index contributed by atoms with van der Waals surface area (Å²) in [6, 6.07) is 3.73. The van der Waals surface area contributed by atoms with Gasteiger partial charge in [-0.15, -0.1) is 0 Å². The fourth-order valence-corrected chi connectivity index (χ4v) is 2.36. The monoisotopic (exact) mass is 336 g/mol. The molecule has 0 bridgehead atoms. The van der Waals surface area contributed by atoms with Gasteiger partial charge in [-0.2, -0.15) is 0 Å². The summed E-state index contributed by atoms with van der Waals surface area (Å²) in [5, 5.41) is 57.4. The van der Waals surface area contributed by atoms with Crippen LogP contribution in [0.3, 0.4) is 0 Å². The van der Waals surface area contributed by atoms with Crippen LogP contribution in [-0.4, -0.2) is 60.2 Å². The summed E-state index contributed by atoms with van der Waals surface area (Å²) in [6.07, 6.45) is -1.10. The van der Waals surface area contributed by atoms with Gasteiger partial charge in [0.05, 0.1) is 6.10 Å². The maximum absolute atomic E-state index is 12.2. The minimum atomic E-state index is -2.58. The Bertz CT molecular complexity index is 736. The van der Waals surface area contributed by atoms with Gasteiger partial charge >= 0.3 is 5.97 Å². The number of aromatic hydroxyl groups is 2. The fourth-order valence-electron chi connectivity index (χ4n) is 2.36. The van der Waals surface area contributed by atoms with Gasteiger partial charge in [-0.1, -0.05) is 12.1 Å². The third-order valence-corrected chi connectivity index (χ3v) is 3.73. The molecule has 24 heavy (non-hydrogen) atoms. The summed E-state index contributed by atoms with van der Waals surface area (Å²) in [5.41, 5.74) is -2.66. The lowest BCUT2D eigenvalue weighted by molar-refractivity contribution is -0.150. The molecule has 0 saturated carbocycles. The first-order valence-corrected chi connectivity index (χ1v) is 6.93. The molecule has 0 saturated heterocycles. The molecule has 6 N–H and O–H groups in total. The molecule has 3 atom stereocenters. The van der Waals surface area contributed by atoms with Crippen LogP contribution in [0.15, 0.2) is 35.9 Å². The summed E-state index contributed by atoms with van der Waals surface area (Å²) >= 11 is 0.